The Hall–Kier alpha value is -1.82. The van der Waals surface area contributed by atoms with Crippen LogP contribution in [-0.4, -0.2) is 24.6 Å². The van der Waals surface area contributed by atoms with Gasteiger partial charge in [0.1, 0.15) is 11.2 Å². The Morgan fingerprint density at radius 1 is 1.24 bits per heavy atom. The Morgan fingerprint density at radius 3 is 3.00 bits per heavy atom. The van der Waals surface area contributed by atoms with Crippen molar-refractivity contribution >= 4 is 22.6 Å². The highest BCUT2D eigenvalue weighted by Gasteiger charge is 2.13. The summed E-state index contributed by atoms with van der Waals surface area (Å²) in [5.74, 6) is 0. The third-order valence-corrected chi connectivity index (χ3v) is 3.31. The maximum Gasteiger partial charge on any atom is 0.163 e. The van der Waals surface area contributed by atoms with Crippen molar-refractivity contribution in [2.75, 3.05) is 0 Å². The van der Waals surface area contributed by atoms with Gasteiger partial charge in [0.2, 0.25) is 0 Å². The molecule has 0 radical (unpaired) electrons. The highest BCUT2D eigenvalue weighted by atomic mass is 32.1. The summed E-state index contributed by atoms with van der Waals surface area (Å²) < 4.78 is 5.83. The standard InChI is InChI=1S/C11H11N5S/c1-2-5-9-11(17-15-13-9)16-10-7-4-3-6-8(10)12-14-16/h3-4,6-7H,2,5H2,1H3. The molecule has 5 nitrogen and oxygen atoms in total. The topological polar surface area (TPSA) is 56.5 Å². The molecular formula is C11H11N5S. The minimum absolute atomic E-state index is 0.892. The lowest BCUT2D eigenvalue weighted by Gasteiger charge is -1.99. The first kappa shape index (κ1) is 10.3. The van der Waals surface area contributed by atoms with Crippen LogP contribution in [0.4, 0.5) is 0 Å². The van der Waals surface area contributed by atoms with Crippen molar-refractivity contribution in [2.45, 2.75) is 19.8 Å². The van der Waals surface area contributed by atoms with Gasteiger partial charge in [0.05, 0.1) is 5.52 Å². The molecule has 2 heterocycles. The van der Waals surface area contributed by atoms with E-state index in [-0.39, 0.29) is 0 Å². The summed E-state index contributed by atoms with van der Waals surface area (Å²) in [7, 11) is 0. The van der Waals surface area contributed by atoms with Crippen molar-refractivity contribution in [2.24, 2.45) is 0 Å². The molecule has 0 bridgehead atoms. The molecule has 0 spiro atoms. The minimum Gasteiger partial charge on any atom is -0.199 e. The summed E-state index contributed by atoms with van der Waals surface area (Å²) in [5.41, 5.74) is 2.88. The highest BCUT2D eigenvalue weighted by Crippen LogP contribution is 2.21. The third-order valence-electron chi connectivity index (χ3n) is 2.57. The molecule has 0 saturated heterocycles. The smallest absolute Gasteiger partial charge is 0.163 e. The SMILES string of the molecule is CCCc1nnsc1-n1nnc2ccccc21. The van der Waals surface area contributed by atoms with E-state index in [1.807, 2.05) is 28.9 Å². The van der Waals surface area contributed by atoms with E-state index >= 15 is 0 Å². The number of aryl methyl sites for hydroxylation is 1. The first-order valence-corrected chi connectivity index (χ1v) is 6.29. The van der Waals surface area contributed by atoms with Crippen LogP contribution in [0.2, 0.25) is 0 Å². The molecule has 2 aromatic heterocycles. The Labute approximate surface area is 102 Å². The number of benzene rings is 1. The van der Waals surface area contributed by atoms with Gasteiger partial charge < -0.3 is 0 Å². The molecule has 0 aliphatic carbocycles. The summed E-state index contributed by atoms with van der Waals surface area (Å²) >= 11 is 1.36. The van der Waals surface area contributed by atoms with Crippen LogP contribution in [0, 0.1) is 0 Å². The van der Waals surface area contributed by atoms with Crippen molar-refractivity contribution in [3.8, 4) is 5.00 Å². The molecule has 0 aliphatic rings. The normalized spacial score (nSPS) is 11.1. The van der Waals surface area contributed by atoms with E-state index in [0.29, 0.717) is 0 Å². The van der Waals surface area contributed by atoms with Gasteiger partial charge in [-0.05, 0) is 18.6 Å². The first-order valence-electron chi connectivity index (χ1n) is 5.52. The Balaban J connectivity index is 2.17. The van der Waals surface area contributed by atoms with Gasteiger partial charge >= 0.3 is 0 Å². The van der Waals surface area contributed by atoms with Crippen LogP contribution in [0.5, 0.6) is 0 Å². The van der Waals surface area contributed by atoms with Crippen LogP contribution in [0.3, 0.4) is 0 Å². The Bertz CT molecular complexity index is 642. The van der Waals surface area contributed by atoms with Crippen molar-refractivity contribution in [3.05, 3.63) is 30.0 Å². The molecule has 0 unspecified atom stereocenters. The van der Waals surface area contributed by atoms with Crippen LogP contribution in [-0.2, 0) is 6.42 Å². The number of hydrogen-bond acceptors (Lipinski definition) is 5. The van der Waals surface area contributed by atoms with E-state index in [1.54, 1.807) is 0 Å². The van der Waals surface area contributed by atoms with Gasteiger partial charge in [0.25, 0.3) is 0 Å². The zero-order chi connectivity index (χ0) is 11.7. The van der Waals surface area contributed by atoms with Crippen molar-refractivity contribution in [1.29, 1.82) is 0 Å². The molecule has 0 amide bonds. The predicted octanol–water partition coefficient (Wildman–Crippen LogP) is 2.22. The zero-order valence-corrected chi connectivity index (χ0v) is 10.2. The van der Waals surface area contributed by atoms with E-state index < -0.39 is 0 Å². The molecule has 3 aromatic rings. The largest absolute Gasteiger partial charge is 0.199 e. The molecule has 0 fully saturated rings. The van der Waals surface area contributed by atoms with Crippen LogP contribution in [0.25, 0.3) is 16.0 Å². The third kappa shape index (κ3) is 1.70. The van der Waals surface area contributed by atoms with E-state index in [0.717, 1.165) is 34.6 Å². The van der Waals surface area contributed by atoms with E-state index in [4.69, 9.17) is 0 Å². The second-order valence-electron chi connectivity index (χ2n) is 3.76. The monoisotopic (exact) mass is 245 g/mol. The maximum absolute atomic E-state index is 4.18. The van der Waals surface area contributed by atoms with Gasteiger partial charge in [-0.2, -0.15) is 4.68 Å². The fraction of sp³-hybridized carbons (Fsp3) is 0.273. The average Bonchev–Trinajstić information content (AvgIpc) is 2.95. The lowest BCUT2D eigenvalue weighted by atomic mass is 10.2. The summed E-state index contributed by atoms with van der Waals surface area (Å²) in [6.45, 7) is 2.13. The van der Waals surface area contributed by atoms with Gasteiger partial charge in [-0.15, -0.1) is 10.2 Å². The van der Waals surface area contributed by atoms with Crippen LogP contribution < -0.4 is 0 Å². The van der Waals surface area contributed by atoms with Crippen LogP contribution in [0.1, 0.15) is 19.0 Å². The van der Waals surface area contributed by atoms with Crippen LogP contribution >= 0.6 is 11.5 Å². The number of para-hydroxylation sites is 1. The van der Waals surface area contributed by atoms with Gasteiger partial charge in [-0.3, -0.25) is 0 Å². The van der Waals surface area contributed by atoms with Crippen molar-refractivity contribution < 1.29 is 0 Å². The molecule has 0 atom stereocenters. The summed E-state index contributed by atoms with van der Waals surface area (Å²) in [4.78, 5) is 0. The summed E-state index contributed by atoms with van der Waals surface area (Å²) in [6, 6.07) is 7.90. The number of nitrogens with zero attached hydrogens (tertiary/aromatic N) is 5. The van der Waals surface area contributed by atoms with Gasteiger partial charge in [0.15, 0.2) is 5.00 Å². The van der Waals surface area contributed by atoms with E-state index in [9.17, 15) is 0 Å². The molecule has 0 N–H and O–H groups in total. The summed E-state index contributed by atoms with van der Waals surface area (Å²) in [6.07, 6.45) is 1.96. The fourth-order valence-corrected chi connectivity index (χ4v) is 2.45. The average molecular weight is 245 g/mol. The van der Waals surface area contributed by atoms with Gasteiger partial charge in [-0.1, -0.05) is 35.2 Å². The molecule has 0 saturated carbocycles. The second-order valence-corrected chi connectivity index (χ2v) is 4.50. The Kier molecular flexibility index (Phi) is 2.56. The van der Waals surface area contributed by atoms with Crippen molar-refractivity contribution in [1.82, 2.24) is 24.6 Å². The fourth-order valence-electron chi connectivity index (χ4n) is 1.78. The van der Waals surface area contributed by atoms with Gasteiger partial charge in [0, 0.05) is 11.5 Å². The number of aromatic nitrogens is 5. The first-order chi connectivity index (χ1) is 8.40. The lowest BCUT2D eigenvalue weighted by Crippen LogP contribution is -1.98. The number of fused-ring (bicyclic) bond motifs is 1. The molecule has 0 aliphatic heterocycles. The second kappa shape index (κ2) is 4.21. The number of hydrogen-bond donors (Lipinski definition) is 0. The summed E-state index contributed by atoms with van der Waals surface area (Å²) in [5, 5.41) is 13.4. The van der Waals surface area contributed by atoms with E-state index in [1.165, 1.54) is 11.5 Å². The van der Waals surface area contributed by atoms with Crippen LogP contribution in [0.15, 0.2) is 24.3 Å². The molecular weight excluding hydrogens is 234 g/mol. The van der Waals surface area contributed by atoms with Crippen molar-refractivity contribution in [3.63, 3.8) is 0 Å². The maximum atomic E-state index is 4.18. The molecule has 6 heteroatoms. The van der Waals surface area contributed by atoms with E-state index in [2.05, 4.69) is 26.8 Å². The molecule has 3 rings (SSSR count). The molecule has 1 aromatic carbocycles. The highest BCUT2D eigenvalue weighted by molar-refractivity contribution is 7.08. The number of rotatable bonds is 3. The predicted molar refractivity (Wildman–Crippen MR) is 66.3 cm³/mol. The minimum atomic E-state index is 0.892. The zero-order valence-electron chi connectivity index (χ0n) is 9.37. The molecule has 86 valence electrons. The lowest BCUT2D eigenvalue weighted by molar-refractivity contribution is 0.800. The quantitative estimate of drug-likeness (QED) is 0.710. The van der Waals surface area contributed by atoms with Gasteiger partial charge in [-0.25, -0.2) is 0 Å². The molecule has 17 heavy (non-hydrogen) atoms. The Morgan fingerprint density at radius 2 is 2.12 bits per heavy atom.